The van der Waals surface area contributed by atoms with Crippen LogP contribution in [0.25, 0.3) is 0 Å². The maximum Gasteiger partial charge on any atom is 0.264 e. The van der Waals surface area contributed by atoms with Crippen LogP contribution in [-0.2, 0) is 29.6 Å². The van der Waals surface area contributed by atoms with Crippen LogP contribution in [0.3, 0.4) is 0 Å². The molecule has 0 spiro atoms. The van der Waals surface area contributed by atoms with Crippen LogP contribution < -0.4 is 19.5 Å². The molecule has 0 bridgehead atoms. The van der Waals surface area contributed by atoms with Crippen LogP contribution in [-0.4, -0.2) is 64.1 Å². The Kier molecular flexibility index (Phi) is 11.4. The second-order valence-corrected chi connectivity index (χ2v) is 14.0. The summed E-state index contributed by atoms with van der Waals surface area (Å²) in [5.41, 5.74) is 6.32. The summed E-state index contributed by atoms with van der Waals surface area (Å²) in [6.07, 6.45) is 8.44. The third-order valence-corrected chi connectivity index (χ3v) is 10.4. The molecule has 0 fully saturated rings. The number of hydrogen-bond donors (Lipinski definition) is 2. The molecule has 3 aromatic carbocycles. The van der Waals surface area contributed by atoms with E-state index in [2.05, 4.69) is 31.0 Å². The molecule has 0 aliphatic rings. The zero-order valence-electron chi connectivity index (χ0n) is 26.2. The monoisotopic (exact) mass is 710 g/mol. The predicted molar refractivity (Wildman–Crippen MR) is 188 cm³/mol. The summed E-state index contributed by atoms with van der Waals surface area (Å²) >= 11 is 0. The topological polar surface area (TPSA) is 183 Å². The number of nitrogens with one attached hydrogen (secondary N) is 2. The molecular formula is C34H30N8O6S2. The van der Waals surface area contributed by atoms with Gasteiger partial charge in [-0.2, -0.15) is 10.2 Å². The molecule has 0 radical (unpaired) electrons. The van der Waals surface area contributed by atoms with Gasteiger partial charge in [0.25, 0.3) is 31.9 Å². The first-order chi connectivity index (χ1) is 24.1. The molecule has 5 rings (SSSR count). The highest BCUT2D eigenvalue weighted by molar-refractivity contribution is 7.93. The van der Waals surface area contributed by atoms with Gasteiger partial charge in [-0.1, -0.05) is 60.7 Å². The second-order valence-electron chi connectivity index (χ2n) is 10.3. The van der Waals surface area contributed by atoms with Gasteiger partial charge in [-0.15, -0.1) is 0 Å². The number of benzene rings is 3. The van der Waals surface area contributed by atoms with E-state index < -0.39 is 45.0 Å². The maximum absolute atomic E-state index is 13.3. The zero-order valence-corrected chi connectivity index (χ0v) is 27.9. The Morgan fingerprint density at radius 1 is 0.560 bits per heavy atom. The molecule has 0 atom stereocenters. The molecule has 14 nitrogen and oxygen atoms in total. The SMILES string of the molecule is O=C(CN(c1cccnc1)S(=O)(=O)c1ccccc1)NN=Cc1ccc(C=NNC(=O)CN(c2cccnc2)S(=O)(=O)c2ccccc2)cc1. The van der Waals surface area contributed by atoms with E-state index >= 15 is 0 Å². The highest BCUT2D eigenvalue weighted by Crippen LogP contribution is 2.23. The van der Waals surface area contributed by atoms with Gasteiger partial charge in [-0.25, -0.2) is 27.7 Å². The summed E-state index contributed by atoms with van der Waals surface area (Å²) < 4.78 is 55.2. The van der Waals surface area contributed by atoms with Gasteiger partial charge in [0.2, 0.25) is 0 Å². The van der Waals surface area contributed by atoms with Crippen LogP contribution >= 0.6 is 0 Å². The van der Waals surface area contributed by atoms with E-state index in [0.717, 1.165) is 8.61 Å². The third-order valence-electron chi connectivity index (χ3n) is 6.85. The largest absolute Gasteiger partial charge is 0.271 e. The third kappa shape index (κ3) is 9.00. The Balaban J connectivity index is 1.17. The van der Waals surface area contributed by atoms with Gasteiger partial charge < -0.3 is 0 Å². The number of carbonyl (C=O) groups is 2. The average Bonchev–Trinajstić information content (AvgIpc) is 3.15. The molecule has 0 saturated heterocycles. The van der Waals surface area contributed by atoms with Gasteiger partial charge in [0.05, 0.1) is 46.0 Å². The molecule has 0 aliphatic heterocycles. The molecule has 2 N–H and O–H groups in total. The van der Waals surface area contributed by atoms with E-state index in [1.54, 1.807) is 72.8 Å². The number of amides is 2. The fourth-order valence-corrected chi connectivity index (χ4v) is 7.29. The fourth-order valence-electron chi connectivity index (χ4n) is 4.43. The highest BCUT2D eigenvalue weighted by Gasteiger charge is 2.28. The van der Waals surface area contributed by atoms with Crippen molar-refractivity contribution in [3.8, 4) is 0 Å². The van der Waals surface area contributed by atoms with Crippen molar-refractivity contribution >= 4 is 55.7 Å². The van der Waals surface area contributed by atoms with Crippen molar-refractivity contribution in [2.75, 3.05) is 21.7 Å². The first-order valence-corrected chi connectivity index (χ1v) is 17.7. The Morgan fingerprint density at radius 3 is 1.28 bits per heavy atom. The van der Waals surface area contributed by atoms with E-state index in [1.807, 2.05) is 0 Å². The van der Waals surface area contributed by atoms with Gasteiger partial charge in [-0.3, -0.25) is 28.2 Å². The smallest absolute Gasteiger partial charge is 0.264 e. The minimum Gasteiger partial charge on any atom is -0.271 e. The summed E-state index contributed by atoms with van der Waals surface area (Å²) in [7, 11) is -8.14. The van der Waals surface area contributed by atoms with Gasteiger partial charge in [0.1, 0.15) is 13.1 Å². The van der Waals surface area contributed by atoms with Crippen LogP contribution in [0, 0.1) is 0 Å². The first kappa shape index (κ1) is 35.1. The Bertz CT molecular complexity index is 2010. The van der Waals surface area contributed by atoms with E-state index in [0.29, 0.717) is 11.1 Å². The Morgan fingerprint density at radius 2 is 0.940 bits per heavy atom. The summed E-state index contributed by atoms with van der Waals surface area (Å²) in [6, 6.07) is 28.4. The van der Waals surface area contributed by atoms with Gasteiger partial charge in [0, 0.05) is 12.4 Å². The highest BCUT2D eigenvalue weighted by atomic mass is 32.2. The van der Waals surface area contributed by atoms with E-state index in [4.69, 9.17) is 0 Å². The Labute approximate surface area is 288 Å². The number of rotatable bonds is 14. The van der Waals surface area contributed by atoms with Gasteiger partial charge in [-0.05, 0) is 59.7 Å². The van der Waals surface area contributed by atoms with Gasteiger partial charge >= 0.3 is 0 Å². The van der Waals surface area contributed by atoms with Crippen LogP contribution in [0.1, 0.15) is 11.1 Å². The molecule has 254 valence electrons. The van der Waals surface area contributed by atoms with Gasteiger partial charge in [0.15, 0.2) is 0 Å². The number of pyridine rings is 2. The Hall–Kier alpha value is -6.26. The number of hydrazone groups is 2. The molecule has 5 aromatic rings. The number of carbonyl (C=O) groups excluding carboxylic acids is 2. The predicted octanol–water partition coefficient (Wildman–Crippen LogP) is 3.17. The molecule has 2 heterocycles. The number of anilines is 2. The zero-order chi connectivity index (χ0) is 35.4. The lowest BCUT2D eigenvalue weighted by atomic mass is 10.2. The van der Waals surface area contributed by atoms with Crippen LogP contribution in [0.4, 0.5) is 11.4 Å². The molecule has 16 heteroatoms. The van der Waals surface area contributed by atoms with E-state index in [9.17, 15) is 26.4 Å². The molecule has 2 amide bonds. The lowest BCUT2D eigenvalue weighted by molar-refractivity contribution is -0.120. The molecular weight excluding hydrogens is 681 g/mol. The molecule has 2 aromatic heterocycles. The van der Waals surface area contributed by atoms with Crippen molar-refractivity contribution in [3.05, 3.63) is 145 Å². The summed E-state index contributed by atoms with van der Waals surface area (Å²) in [5, 5.41) is 7.88. The second kappa shape index (κ2) is 16.2. The number of aromatic nitrogens is 2. The summed E-state index contributed by atoms with van der Waals surface area (Å²) in [4.78, 5) is 33.5. The lowest BCUT2D eigenvalue weighted by Gasteiger charge is -2.23. The van der Waals surface area contributed by atoms with Crippen LogP contribution in [0.5, 0.6) is 0 Å². The van der Waals surface area contributed by atoms with Crippen molar-refractivity contribution in [2.45, 2.75) is 9.79 Å². The van der Waals surface area contributed by atoms with Crippen molar-refractivity contribution in [2.24, 2.45) is 10.2 Å². The number of sulfonamides is 2. The average molecular weight is 711 g/mol. The van der Waals surface area contributed by atoms with Crippen molar-refractivity contribution < 1.29 is 26.4 Å². The number of hydrogen-bond acceptors (Lipinski definition) is 10. The standard InChI is InChI=1S/C34H30N8O6S2/c43-33(25-41(29-9-7-19-35-23-29)49(45,46)31-11-3-1-4-12-31)39-37-21-27-15-17-28(18-16-27)22-38-40-34(44)26-42(30-10-8-20-36-24-30)50(47,48)32-13-5-2-6-14-32/h1-24H,25-26H2,(H,39,43)(H,40,44). The molecule has 0 aliphatic carbocycles. The van der Waals surface area contributed by atoms with Crippen molar-refractivity contribution in [3.63, 3.8) is 0 Å². The normalized spacial score (nSPS) is 11.7. The van der Waals surface area contributed by atoms with E-state index in [-0.39, 0.29) is 21.2 Å². The first-order valence-electron chi connectivity index (χ1n) is 14.8. The molecule has 50 heavy (non-hydrogen) atoms. The molecule has 0 saturated carbocycles. The number of nitrogens with zero attached hydrogens (tertiary/aromatic N) is 6. The van der Waals surface area contributed by atoms with Crippen LogP contribution in [0.2, 0.25) is 0 Å². The summed E-state index contributed by atoms with van der Waals surface area (Å²) in [5.74, 6) is -1.36. The fraction of sp³-hybridized carbons (Fsp3) is 0.0588. The van der Waals surface area contributed by atoms with Crippen molar-refractivity contribution in [1.82, 2.24) is 20.8 Å². The van der Waals surface area contributed by atoms with Crippen molar-refractivity contribution in [1.29, 1.82) is 0 Å². The van der Waals surface area contributed by atoms with E-state index in [1.165, 1.54) is 73.6 Å². The minimum atomic E-state index is -4.07. The summed E-state index contributed by atoms with van der Waals surface area (Å²) in [6.45, 7) is -1.08. The quantitative estimate of drug-likeness (QED) is 0.130. The van der Waals surface area contributed by atoms with Crippen LogP contribution in [0.15, 0.2) is 154 Å². The maximum atomic E-state index is 13.3. The lowest BCUT2D eigenvalue weighted by Crippen LogP contribution is -2.39. The minimum absolute atomic E-state index is 0.0195. The molecule has 0 unspecified atom stereocenters.